The van der Waals surface area contributed by atoms with Crippen molar-refractivity contribution in [3.05, 3.63) is 35.5 Å². The lowest BCUT2D eigenvalue weighted by molar-refractivity contribution is -0.137. The summed E-state index contributed by atoms with van der Waals surface area (Å²) >= 11 is 0. The van der Waals surface area contributed by atoms with Gasteiger partial charge < -0.3 is 9.42 Å². The van der Waals surface area contributed by atoms with Crippen LogP contribution in [-0.4, -0.2) is 58.1 Å². The molecule has 0 radical (unpaired) electrons. The Bertz CT molecular complexity index is 847. The zero-order valence-corrected chi connectivity index (χ0v) is 17.1. The highest BCUT2D eigenvalue weighted by atomic mass is 19.1. The first kappa shape index (κ1) is 20.0. The number of carbonyl (C=O) groups excluding carboxylic acids is 1. The van der Waals surface area contributed by atoms with Crippen LogP contribution < -0.4 is 0 Å². The minimum Gasteiger partial charge on any atom is -0.341 e. The zero-order valence-electron chi connectivity index (χ0n) is 17.1. The SMILES string of the molecule is Cc1ccc(-c2noc(CCCN3CCCCC3C(=O)N3CCCC3)n2)cc1F. The molecule has 156 valence electrons. The summed E-state index contributed by atoms with van der Waals surface area (Å²) in [7, 11) is 0. The summed E-state index contributed by atoms with van der Waals surface area (Å²) in [5, 5.41) is 3.99. The Hall–Kier alpha value is -2.28. The van der Waals surface area contributed by atoms with Crippen molar-refractivity contribution in [2.75, 3.05) is 26.2 Å². The smallest absolute Gasteiger partial charge is 0.239 e. The van der Waals surface area contributed by atoms with Crippen LogP contribution in [0.25, 0.3) is 11.4 Å². The van der Waals surface area contributed by atoms with Gasteiger partial charge in [-0.2, -0.15) is 4.98 Å². The van der Waals surface area contributed by atoms with Gasteiger partial charge in [-0.05, 0) is 63.7 Å². The summed E-state index contributed by atoms with van der Waals surface area (Å²) < 4.78 is 19.1. The number of nitrogens with zero attached hydrogens (tertiary/aromatic N) is 4. The van der Waals surface area contributed by atoms with E-state index in [1.54, 1.807) is 19.1 Å². The van der Waals surface area contributed by atoms with E-state index in [4.69, 9.17) is 4.52 Å². The van der Waals surface area contributed by atoms with Crippen LogP contribution in [0.5, 0.6) is 0 Å². The fourth-order valence-electron chi connectivity index (χ4n) is 4.33. The maximum atomic E-state index is 13.8. The molecule has 3 heterocycles. The first-order chi connectivity index (χ1) is 14.1. The van der Waals surface area contributed by atoms with Crippen molar-refractivity contribution in [1.82, 2.24) is 19.9 Å². The lowest BCUT2D eigenvalue weighted by Gasteiger charge is -2.36. The van der Waals surface area contributed by atoms with Crippen LogP contribution in [-0.2, 0) is 11.2 Å². The highest BCUT2D eigenvalue weighted by molar-refractivity contribution is 5.82. The molecule has 2 aliphatic rings. The summed E-state index contributed by atoms with van der Waals surface area (Å²) in [5.41, 5.74) is 1.22. The van der Waals surface area contributed by atoms with Crippen LogP contribution in [0.2, 0.25) is 0 Å². The molecular formula is C22H29FN4O2. The molecule has 1 amide bonds. The molecule has 29 heavy (non-hydrogen) atoms. The van der Waals surface area contributed by atoms with E-state index >= 15 is 0 Å². The van der Waals surface area contributed by atoms with Crippen LogP contribution in [0.3, 0.4) is 0 Å². The normalized spacial score (nSPS) is 20.3. The van der Waals surface area contributed by atoms with E-state index < -0.39 is 0 Å². The summed E-state index contributed by atoms with van der Waals surface area (Å²) in [4.78, 5) is 21.6. The van der Waals surface area contributed by atoms with Crippen LogP contribution in [0.1, 0.15) is 50.0 Å². The summed E-state index contributed by atoms with van der Waals surface area (Å²) in [6.45, 7) is 5.37. The van der Waals surface area contributed by atoms with Gasteiger partial charge in [0.1, 0.15) is 5.82 Å². The maximum absolute atomic E-state index is 13.8. The molecule has 2 saturated heterocycles. The number of piperidine rings is 1. The first-order valence-corrected chi connectivity index (χ1v) is 10.7. The lowest BCUT2D eigenvalue weighted by atomic mass is 10.0. The Morgan fingerprint density at radius 3 is 2.79 bits per heavy atom. The molecule has 0 aliphatic carbocycles. The van der Waals surface area contributed by atoms with Crippen molar-refractivity contribution < 1.29 is 13.7 Å². The molecular weight excluding hydrogens is 371 g/mol. The molecule has 1 unspecified atom stereocenters. The molecule has 2 aromatic rings. The third-order valence-electron chi connectivity index (χ3n) is 6.05. The standard InChI is InChI=1S/C22H29FN4O2/c1-16-9-10-17(15-18(16)23)21-24-20(29-25-21)8-6-14-26-11-3-2-7-19(26)22(28)27-12-4-5-13-27/h9-10,15,19H,2-8,11-14H2,1H3. The van der Waals surface area contributed by atoms with Crippen molar-refractivity contribution in [2.45, 2.75) is 57.9 Å². The number of halogens is 1. The van der Waals surface area contributed by atoms with E-state index in [1.807, 2.05) is 4.90 Å². The summed E-state index contributed by atoms with van der Waals surface area (Å²) in [5.74, 6) is 1.01. The van der Waals surface area contributed by atoms with E-state index in [-0.39, 0.29) is 11.9 Å². The minimum atomic E-state index is -0.271. The topological polar surface area (TPSA) is 62.5 Å². The molecule has 2 fully saturated rings. The molecule has 7 heteroatoms. The average molecular weight is 400 g/mol. The second-order valence-corrected chi connectivity index (χ2v) is 8.16. The molecule has 4 rings (SSSR count). The minimum absolute atomic E-state index is 0.0237. The maximum Gasteiger partial charge on any atom is 0.239 e. The molecule has 0 N–H and O–H groups in total. The number of amides is 1. The van der Waals surface area contributed by atoms with Gasteiger partial charge >= 0.3 is 0 Å². The van der Waals surface area contributed by atoms with E-state index in [2.05, 4.69) is 15.0 Å². The Balaban J connectivity index is 1.32. The number of likely N-dealkylation sites (tertiary alicyclic amines) is 2. The Morgan fingerprint density at radius 1 is 1.21 bits per heavy atom. The van der Waals surface area contributed by atoms with Crippen molar-refractivity contribution >= 4 is 5.91 Å². The predicted octanol–water partition coefficient (Wildman–Crippen LogP) is 3.59. The number of hydrogen-bond donors (Lipinski definition) is 0. The van der Waals surface area contributed by atoms with Crippen LogP contribution >= 0.6 is 0 Å². The fourth-order valence-corrected chi connectivity index (χ4v) is 4.33. The van der Waals surface area contributed by atoms with Gasteiger partial charge in [-0.1, -0.05) is 23.7 Å². The molecule has 0 bridgehead atoms. The number of rotatable bonds is 6. The van der Waals surface area contributed by atoms with Gasteiger partial charge in [0.25, 0.3) is 0 Å². The third-order valence-corrected chi connectivity index (χ3v) is 6.05. The van der Waals surface area contributed by atoms with E-state index in [1.165, 1.54) is 6.07 Å². The number of carbonyl (C=O) groups is 1. The van der Waals surface area contributed by atoms with Gasteiger partial charge in [0.2, 0.25) is 17.6 Å². The Morgan fingerprint density at radius 2 is 2.00 bits per heavy atom. The van der Waals surface area contributed by atoms with Crippen molar-refractivity contribution in [3.63, 3.8) is 0 Å². The second kappa shape index (κ2) is 9.03. The highest BCUT2D eigenvalue weighted by Gasteiger charge is 2.32. The average Bonchev–Trinajstić information content (AvgIpc) is 3.42. The van der Waals surface area contributed by atoms with Gasteiger partial charge in [0.05, 0.1) is 6.04 Å². The van der Waals surface area contributed by atoms with Gasteiger partial charge in [0.15, 0.2) is 0 Å². The predicted molar refractivity (Wildman–Crippen MR) is 108 cm³/mol. The molecule has 2 aliphatic heterocycles. The molecule has 6 nitrogen and oxygen atoms in total. The van der Waals surface area contributed by atoms with E-state index in [9.17, 15) is 9.18 Å². The molecule has 1 atom stereocenters. The largest absolute Gasteiger partial charge is 0.341 e. The number of hydrogen-bond acceptors (Lipinski definition) is 5. The van der Waals surface area contributed by atoms with E-state index in [0.29, 0.717) is 35.2 Å². The summed E-state index contributed by atoms with van der Waals surface area (Å²) in [6, 6.07) is 4.98. The zero-order chi connectivity index (χ0) is 20.2. The van der Waals surface area contributed by atoms with Gasteiger partial charge in [-0.15, -0.1) is 0 Å². The van der Waals surface area contributed by atoms with Crippen LogP contribution in [0, 0.1) is 12.7 Å². The first-order valence-electron chi connectivity index (χ1n) is 10.7. The third kappa shape index (κ3) is 4.66. The van der Waals surface area contributed by atoms with Crippen molar-refractivity contribution in [2.24, 2.45) is 0 Å². The lowest BCUT2D eigenvalue weighted by Crippen LogP contribution is -2.50. The van der Waals surface area contributed by atoms with Gasteiger partial charge in [-0.25, -0.2) is 4.39 Å². The Kier molecular flexibility index (Phi) is 6.23. The van der Waals surface area contributed by atoms with Crippen molar-refractivity contribution in [3.8, 4) is 11.4 Å². The van der Waals surface area contributed by atoms with Gasteiger partial charge in [-0.3, -0.25) is 9.69 Å². The number of aryl methyl sites for hydroxylation is 2. The number of benzene rings is 1. The van der Waals surface area contributed by atoms with Gasteiger partial charge in [0, 0.05) is 25.1 Å². The van der Waals surface area contributed by atoms with Crippen LogP contribution in [0.15, 0.2) is 22.7 Å². The molecule has 0 spiro atoms. The molecule has 0 saturated carbocycles. The van der Waals surface area contributed by atoms with E-state index in [0.717, 1.165) is 64.7 Å². The second-order valence-electron chi connectivity index (χ2n) is 8.16. The fraction of sp³-hybridized carbons (Fsp3) is 0.591. The number of aromatic nitrogens is 2. The molecule has 1 aromatic carbocycles. The van der Waals surface area contributed by atoms with Crippen LogP contribution in [0.4, 0.5) is 4.39 Å². The van der Waals surface area contributed by atoms with Crippen molar-refractivity contribution in [1.29, 1.82) is 0 Å². The highest BCUT2D eigenvalue weighted by Crippen LogP contribution is 2.22. The Labute approximate surface area is 171 Å². The summed E-state index contributed by atoms with van der Waals surface area (Å²) in [6.07, 6.45) is 7.00. The quantitative estimate of drug-likeness (QED) is 0.742. The monoisotopic (exact) mass is 400 g/mol. The molecule has 1 aromatic heterocycles.